The van der Waals surface area contributed by atoms with Crippen LogP contribution in [0, 0.1) is 0 Å². The van der Waals surface area contributed by atoms with Crippen molar-refractivity contribution < 1.29 is 27.9 Å². The Bertz CT molecular complexity index is 478. The Morgan fingerprint density at radius 3 is 2.62 bits per heavy atom. The molecule has 0 spiro atoms. The molecular weight excluding hydrogens is 300 g/mol. The second-order valence-electron chi connectivity index (χ2n) is 5.03. The number of carbonyl (C=O) groups is 2. The number of rotatable bonds is 7. The molecule has 2 N–H and O–H groups in total. The van der Waals surface area contributed by atoms with E-state index in [1.165, 1.54) is 0 Å². The molecule has 0 saturated carbocycles. The summed E-state index contributed by atoms with van der Waals surface area (Å²) in [6.45, 7) is 3.85. The summed E-state index contributed by atoms with van der Waals surface area (Å²) >= 11 is 0. The first-order valence-electron chi connectivity index (χ1n) is 6.83. The van der Waals surface area contributed by atoms with E-state index in [0.29, 0.717) is 6.61 Å². The molecule has 21 heavy (non-hydrogen) atoms. The van der Waals surface area contributed by atoms with Gasteiger partial charge in [0.1, 0.15) is 6.54 Å². The largest absolute Gasteiger partial charge is 0.480 e. The van der Waals surface area contributed by atoms with Crippen LogP contribution in [-0.2, 0) is 19.4 Å². The number of ether oxygens (including phenoxy) is 1. The van der Waals surface area contributed by atoms with Crippen molar-refractivity contribution in [2.45, 2.75) is 32.4 Å². The minimum atomic E-state index is -3.19. The van der Waals surface area contributed by atoms with Crippen molar-refractivity contribution in [3.05, 3.63) is 0 Å². The number of amides is 2. The number of hydrogen-bond acceptors (Lipinski definition) is 5. The molecule has 1 rings (SSSR count). The minimum Gasteiger partial charge on any atom is -0.480 e. The highest BCUT2D eigenvalue weighted by Crippen LogP contribution is 2.17. The van der Waals surface area contributed by atoms with Gasteiger partial charge in [0.25, 0.3) is 0 Å². The van der Waals surface area contributed by atoms with Gasteiger partial charge in [0.05, 0.1) is 17.6 Å². The Hall–Kier alpha value is -1.35. The van der Waals surface area contributed by atoms with Gasteiger partial charge in [-0.05, 0) is 20.3 Å². The molecule has 1 aliphatic heterocycles. The fourth-order valence-electron chi connectivity index (χ4n) is 2.21. The fourth-order valence-corrected chi connectivity index (χ4v) is 3.94. The molecule has 0 aromatic heterocycles. The molecule has 1 aliphatic rings. The second-order valence-corrected chi connectivity index (χ2v) is 7.26. The fraction of sp³-hybridized carbons (Fsp3) is 0.833. The van der Waals surface area contributed by atoms with E-state index in [2.05, 4.69) is 5.32 Å². The van der Waals surface area contributed by atoms with E-state index in [9.17, 15) is 18.0 Å². The van der Waals surface area contributed by atoms with Gasteiger partial charge in [0.15, 0.2) is 9.84 Å². The zero-order valence-electron chi connectivity index (χ0n) is 12.2. The highest BCUT2D eigenvalue weighted by Gasteiger charge is 2.35. The predicted molar refractivity (Wildman–Crippen MR) is 75.9 cm³/mol. The second kappa shape index (κ2) is 7.60. The number of carboxylic acids is 1. The smallest absolute Gasteiger partial charge is 0.323 e. The molecule has 0 aromatic rings. The Labute approximate surface area is 124 Å². The Morgan fingerprint density at radius 1 is 1.48 bits per heavy atom. The van der Waals surface area contributed by atoms with E-state index in [4.69, 9.17) is 9.84 Å². The topological polar surface area (TPSA) is 113 Å². The normalized spacial score (nSPS) is 21.7. The van der Waals surface area contributed by atoms with Crippen LogP contribution >= 0.6 is 0 Å². The van der Waals surface area contributed by atoms with Crippen LogP contribution in [0.2, 0.25) is 0 Å². The van der Waals surface area contributed by atoms with Crippen molar-refractivity contribution in [3.8, 4) is 0 Å². The van der Waals surface area contributed by atoms with E-state index < -0.39 is 34.4 Å². The van der Waals surface area contributed by atoms with Gasteiger partial charge in [-0.3, -0.25) is 4.79 Å². The van der Waals surface area contributed by atoms with E-state index in [1.807, 2.05) is 6.92 Å². The highest BCUT2D eigenvalue weighted by molar-refractivity contribution is 7.91. The summed E-state index contributed by atoms with van der Waals surface area (Å²) < 4.78 is 28.2. The van der Waals surface area contributed by atoms with Gasteiger partial charge < -0.3 is 20.1 Å². The molecule has 0 aliphatic carbocycles. The maximum Gasteiger partial charge on any atom is 0.323 e. The van der Waals surface area contributed by atoms with E-state index in [1.54, 1.807) is 6.92 Å². The summed E-state index contributed by atoms with van der Waals surface area (Å²) in [5.41, 5.74) is 0. The average Bonchev–Trinajstić information content (AvgIpc) is 2.73. The third-order valence-corrected chi connectivity index (χ3v) is 4.96. The molecule has 2 unspecified atom stereocenters. The van der Waals surface area contributed by atoms with Gasteiger partial charge in [-0.25, -0.2) is 13.2 Å². The quantitative estimate of drug-likeness (QED) is 0.665. The first kappa shape index (κ1) is 17.7. The van der Waals surface area contributed by atoms with Crippen LogP contribution in [0.4, 0.5) is 4.79 Å². The molecule has 0 bridgehead atoms. The molecule has 1 heterocycles. The van der Waals surface area contributed by atoms with Crippen LogP contribution in [0.3, 0.4) is 0 Å². The molecule has 2 amide bonds. The van der Waals surface area contributed by atoms with Gasteiger partial charge in [0, 0.05) is 19.2 Å². The SMILES string of the molecule is CCOC(C)CNC(=O)N(CC(=O)O)C1CCS(=O)(=O)C1. The predicted octanol–water partition coefficient (Wildman–Crippen LogP) is -0.305. The lowest BCUT2D eigenvalue weighted by Crippen LogP contribution is -2.50. The van der Waals surface area contributed by atoms with Crippen LogP contribution in [0.25, 0.3) is 0 Å². The van der Waals surface area contributed by atoms with Crippen molar-refractivity contribution in [1.29, 1.82) is 0 Å². The Kier molecular flexibility index (Phi) is 6.41. The average molecular weight is 322 g/mol. The summed E-state index contributed by atoms with van der Waals surface area (Å²) in [6.07, 6.45) is 0.0716. The molecule has 9 heteroatoms. The molecule has 2 atom stereocenters. The third-order valence-electron chi connectivity index (χ3n) is 3.21. The summed E-state index contributed by atoms with van der Waals surface area (Å²) in [5, 5.41) is 11.5. The number of nitrogens with zero attached hydrogens (tertiary/aromatic N) is 1. The Balaban J connectivity index is 2.65. The highest BCUT2D eigenvalue weighted by atomic mass is 32.2. The number of nitrogens with one attached hydrogen (secondary N) is 1. The number of urea groups is 1. The summed E-state index contributed by atoms with van der Waals surface area (Å²) in [4.78, 5) is 24.0. The van der Waals surface area contributed by atoms with E-state index >= 15 is 0 Å². The molecule has 0 radical (unpaired) electrons. The van der Waals surface area contributed by atoms with E-state index in [0.717, 1.165) is 4.90 Å². The maximum absolute atomic E-state index is 12.1. The molecule has 1 saturated heterocycles. The summed E-state index contributed by atoms with van der Waals surface area (Å²) in [5.74, 6) is -1.38. The monoisotopic (exact) mass is 322 g/mol. The van der Waals surface area contributed by atoms with Gasteiger partial charge >= 0.3 is 12.0 Å². The molecule has 122 valence electrons. The minimum absolute atomic E-state index is 0.0174. The number of carboxylic acid groups (broad SMARTS) is 1. The zero-order chi connectivity index (χ0) is 16.0. The molecule has 1 fully saturated rings. The zero-order valence-corrected chi connectivity index (χ0v) is 13.1. The number of aliphatic carboxylic acids is 1. The van der Waals surface area contributed by atoms with E-state index in [-0.39, 0.29) is 30.6 Å². The summed E-state index contributed by atoms with van der Waals surface area (Å²) in [6, 6.07) is -1.17. The van der Waals surface area contributed by atoms with Crippen molar-refractivity contribution in [2.24, 2.45) is 0 Å². The third kappa shape index (κ3) is 5.88. The molecule has 8 nitrogen and oxygen atoms in total. The van der Waals surface area contributed by atoms with Crippen molar-refractivity contribution in [3.63, 3.8) is 0 Å². The van der Waals surface area contributed by atoms with Gasteiger partial charge in [-0.1, -0.05) is 0 Å². The van der Waals surface area contributed by atoms with Crippen LogP contribution in [0.5, 0.6) is 0 Å². The van der Waals surface area contributed by atoms with Gasteiger partial charge in [-0.15, -0.1) is 0 Å². The maximum atomic E-state index is 12.1. The van der Waals surface area contributed by atoms with Crippen molar-refractivity contribution in [2.75, 3.05) is 31.2 Å². The van der Waals surface area contributed by atoms with Crippen LogP contribution < -0.4 is 5.32 Å². The van der Waals surface area contributed by atoms with Crippen molar-refractivity contribution in [1.82, 2.24) is 10.2 Å². The lowest BCUT2D eigenvalue weighted by atomic mass is 10.2. The number of hydrogen-bond donors (Lipinski definition) is 2. The number of carbonyl (C=O) groups excluding carboxylic acids is 1. The summed E-state index contributed by atoms with van der Waals surface area (Å²) in [7, 11) is -3.19. The lowest BCUT2D eigenvalue weighted by molar-refractivity contribution is -0.138. The van der Waals surface area contributed by atoms with Gasteiger partial charge in [-0.2, -0.15) is 0 Å². The lowest BCUT2D eigenvalue weighted by Gasteiger charge is -2.27. The number of sulfone groups is 1. The van der Waals surface area contributed by atoms with Crippen molar-refractivity contribution >= 4 is 21.8 Å². The standard InChI is InChI=1S/C12H22N2O6S/c1-3-20-9(2)6-13-12(17)14(7-11(15)16)10-4-5-21(18,19)8-10/h9-10H,3-8H2,1-2H3,(H,13,17)(H,15,16). The van der Waals surface area contributed by atoms with Crippen LogP contribution in [0.1, 0.15) is 20.3 Å². The van der Waals surface area contributed by atoms with Gasteiger partial charge in [0.2, 0.25) is 0 Å². The Morgan fingerprint density at radius 2 is 2.14 bits per heavy atom. The first-order valence-corrected chi connectivity index (χ1v) is 8.65. The van der Waals surface area contributed by atoms with Crippen LogP contribution in [-0.4, -0.2) is 73.8 Å². The molecule has 0 aromatic carbocycles. The molecular formula is C12H22N2O6S. The first-order chi connectivity index (χ1) is 9.75. The van der Waals surface area contributed by atoms with Crippen LogP contribution in [0.15, 0.2) is 0 Å².